The lowest BCUT2D eigenvalue weighted by atomic mass is 9.95. The molecule has 174 valence electrons. The zero-order valence-electron chi connectivity index (χ0n) is 18.3. The van der Waals surface area contributed by atoms with Crippen molar-refractivity contribution in [2.24, 2.45) is 0 Å². The molecule has 33 heavy (non-hydrogen) atoms. The molecule has 0 radical (unpaired) electrons. The molecule has 1 heterocycles. The Labute approximate surface area is 195 Å². The van der Waals surface area contributed by atoms with Crippen molar-refractivity contribution in [3.63, 3.8) is 0 Å². The molecule has 2 N–H and O–H groups in total. The molecular formula is C23H23ClN2O7. The van der Waals surface area contributed by atoms with Crippen molar-refractivity contribution >= 4 is 29.6 Å². The first-order valence-corrected chi connectivity index (χ1v) is 10.4. The maximum Gasteiger partial charge on any atom is 0.338 e. The van der Waals surface area contributed by atoms with E-state index in [0.717, 1.165) is 0 Å². The molecule has 0 spiro atoms. The Kier molecular flexibility index (Phi) is 7.78. The second-order valence-electron chi connectivity index (χ2n) is 6.84. The van der Waals surface area contributed by atoms with Crippen LogP contribution in [0.1, 0.15) is 28.9 Å². The highest BCUT2D eigenvalue weighted by atomic mass is 35.5. The summed E-state index contributed by atoms with van der Waals surface area (Å²) in [5.41, 5.74) is 1.35. The second kappa shape index (κ2) is 10.7. The third-order valence-corrected chi connectivity index (χ3v) is 5.12. The van der Waals surface area contributed by atoms with Crippen molar-refractivity contribution in [1.82, 2.24) is 10.6 Å². The highest BCUT2D eigenvalue weighted by Crippen LogP contribution is 2.31. The predicted octanol–water partition coefficient (Wildman–Crippen LogP) is 3.39. The number of ether oxygens (including phenoxy) is 4. The summed E-state index contributed by atoms with van der Waals surface area (Å²) in [4.78, 5) is 36.9. The monoisotopic (exact) mass is 474 g/mol. The smallest absolute Gasteiger partial charge is 0.338 e. The number of carbonyl (C=O) groups is 3. The van der Waals surface area contributed by atoms with E-state index in [1.165, 1.54) is 25.3 Å². The van der Waals surface area contributed by atoms with Gasteiger partial charge in [0.25, 0.3) is 0 Å². The SMILES string of the molecule is CCOC(=O)C1=C(COc2ccc(C(=O)OC)cc2Cl)NC(=O)NC1c1ccc(OC)cc1. The molecule has 10 heteroatoms. The Morgan fingerprint density at radius 1 is 1.06 bits per heavy atom. The first-order valence-electron chi connectivity index (χ1n) is 10.00. The zero-order chi connectivity index (χ0) is 24.0. The number of benzene rings is 2. The molecule has 1 aliphatic heterocycles. The van der Waals surface area contributed by atoms with Gasteiger partial charge in [-0.25, -0.2) is 14.4 Å². The van der Waals surface area contributed by atoms with Gasteiger partial charge in [-0.15, -0.1) is 0 Å². The van der Waals surface area contributed by atoms with Crippen molar-refractivity contribution in [3.8, 4) is 11.5 Å². The van der Waals surface area contributed by atoms with Gasteiger partial charge in [0.1, 0.15) is 18.1 Å². The highest BCUT2D eigenvalue weighted by Gasteiger charge is 2.34. The number of methoxy groups -OCH3 is 2. The third kappa shape index (κ3) is 5.56. The molecule has 1 unspecified atom stereocenters. The van der Waals surface area contributed by atoms with Crippen LogP contribution in [-0.4, -0.2) is 45.4 Å². The van der Waals surface area contributed by atoms with Crippen LogP contribution in [0.4, 0.5) is 4.79 Å². The number of rotatable bonds is 8. The molecule has 2 aromatic carbocycles. The average molecular weight is 475 g/mol. The molecule has 2 amide bonds. The van der Waals surface area contributed by atoms with Crippen LogP contribution in [0.5, 0.6) is 11.5 Å². The topological polar surface area (TPSA) is 112 Å². The summed E-state index contributed by atoms with van der Waals surface area (Å²) >= 11 is 6.23. The summed E-state index contributed by atoms with van der Waals surface area (Å²) in [6.45, 7) is 1.67. The third-order valence-electron chi connectivity index (χ3n) is 4.82. The van der Waals surface area contributed by atoms with Gasteiger partial charge < -0.3 is 29.6 Å². The van der Waals surface area contributed by atoms with Gasteiger partial charge in [-0.3, -0.25) is 0 Å². The molecule has 0 aliphatic carbocycles. The Morgan fingerprint density at radius 2 is 1.79 bits per heavy atom. The Hall–Kier alpha value is -3.72. The summed E-state index contributed by atoms with van der Waals surface area (Å²) in [6.07, 6.45) is 0. The molecule has 0 saturated carbocycles. The summed E-state index contributed by atoms with van der Waals surface area (Å²) < 4.78 is 20.8. The first-order chi connectivity index (χ1) is 15.9. The molecular weight excluding hydrogens is 452 g/mol. The normalized spacial score (nSPS) is 15.3. The fourth-order valence-electron chi connectivity index (χ4n) is 3.24. The number of amides is 2. The van der Waals surface area contributed by atoms with Crippen LogP contribution in [0.2, 0.25) is 5.02 Å². The minimum Gasteiger partial charge on any atom is -0.497 e. The molecule has 1 atom stereocenters. The van der Waals surface area contributed by atoms with Crippen LogP contribution in [0.15, 0.2) is 53.7 Å². The van der Waals surface area contributed by atoms with E-state index < -0.39 is 24.0 Å². The lowest BCUT2D eigenvalue weighted by Gasteiger charge is -2.29. The van der Waals surface area contributed by atoms with Gasteiger partial charge in [-0.2, -0.15) is 0 Å². The van der Waals surface area contributed by atoms with Crippen LogP contribution in [0.25, 0.3) is 0 Å². The summed E-state index contributed by atoms with van der Waals surface area (Å²) in [7, 11) is 2.81. The number of carbonyl (C=O) groups excluding carboxylic acids is 3. The molecule has 0 fully saturated rings. The van der Waals surface area contributed by atoms with Crippen molar-refractivity contribution in [1.29, 1.82) is 0 Å². The zero-order valence-corrected chi connectivity index (χ0v) is 19.0. The van der Waals surface area contributed by atoms with Crippen LogP contribution < -0.4 is 20.1 Å². The number of hydrogen-bond acceptors (Lipinski definition) is 7. The van der Waals surface area contributed by atoms with Crippen LogP contribution in [-0.2, 0) is 14.3 Å². The molecule has 1 aliphatic rings. The standard InChI is InChI=1S/C23H23ClN2O7/c1-4-32-22(28)19-17(12-33-18-10-7-14(11-16(18)24)21(27)31-3)25-23(29)26-20(19)13-5-8-15(30-2)9-6-13/h5-11,20H,4,12H2,1-3H3,(H2,25,26,29). The van der Waals surface area contributed by atoms with E-state index in [2.05, 4.69) is 15.4 Å². The van der Waals surface area contributed by atoms with E-state index in [1.807, 2.05) is 0 Å². The van der Waals surface area contributed by atoms with Crippen LogP contribution >= 0.6 is 11.6 Å². The van der Waals surface area contributed by atoms with Gasteiger partial charge in [-0.1, -0.05) is 23.7 Å². The van der Waals surface area contributed by atoms with Crippen molar-refractivity contribution < 1.29 is 33.3 Å². The summed E-state index contributed by atoms with van der Waals surface area (Å²) in [6, 6.07) is 10.1. The van der Waals surface area contributed by atoms with Gasteiger partial charge >= 0.3 is 18.0 Å². The number of hydrogen-bond donors (Lipinski definition) is 2. The minimum atomic E-state index is -0.764. The Morgan fingerprint density at radius 3 is 2.39 bits per heavy atom. The van der Waals surface area contributed by atoms with Gasteiger partial charge in [0.15, 0.2) is 0 Å². The first kappa shape index (κ1) is 23.9. The van der Waals surface area contributed by atoms with Gasteiger partial charge in [-0.05, 0) is 42.8 Å². The Balaban J connectivity index is 1.93. The highest BCUT2D eigenvalue weighted by molar-refractivity contribution is 6.32. The van der Waals surface area contributed by atoms with Crippen molar-refractivity contribution in [2.75, 3.05) is 27.4 Å². The maximum absolute atomic E-state index is 12.8. The van der Waals surface area contributed by atoms with Gasteiger partial charge in [0, 0.05) is 0 Å². The molecule has 0 saturated heterocycles. The number of esters is 2. The quantitative estimate of drug-likeness (QED) is 0.564. The fourth-order valence-corrected chi connectivity index (χ4v) is 3.48. The second-order valence-corrected chi connectivity index (χ2v) is 7.25. The van der Waals surface area contributed by atoms with Crippen LogP contribution in [0, 0.1) is 0 Å². The van der Waals surface area contributed by atoms with E-state index in [9.17, 15) is 14.4 Å². The van der Waals surface area contributed by atoms with E-state index in [0.29, 0.717) is 11.3 Å². The van der Waals surface area contributed by atoms with E-state index in [1.54, 1.807) is 38.3 Å². The number of halogens is 1. The van der Waals surface area contributed by atoms with Crippen molar-refractivity contribution in [2.45, 2.75) is 13.0 Å². The molecule has 3 rings (SSSR count). The van der Waals surface area contributed by atoms with E-state index in [4.69, 9.17) is 25.8 Å². The molecule has 0 aromatic heterocycles. The fraction of sp³-hybridized carbons (Fsp3) is 0.261. The predicted molar refractivity (Wildman–Crippen MR) is 119 cm³/mol. The largest absolute Gasteiger partial charge is 0.497 e. The number of nitrogens with one attached hydrogen (secondary N) is 2. The molecule has 2 aromatic rings. The van der Waals surface area contributed by atoms with E-state index >= 15 is 0 Å². The lowest BCUT2D eigenvalue weighted by Crippen LogP contribution is -2.47. The average Bonchev–Trinajstić information content (AvgIpc) is 2.82. The van der Waals surface area contributed by atoms with Gasteiger partial charge in [0.2, 0.25) is 0 Å². The van der Waals surface area contributed by atoms with Crippen LogP contribution in [0.3, 0.4) is 0 Å². The maximum atomic E-state index is 12.8. The summed E-state index contributed by atoms with van der Waals surface area (Å²) in [5.74, 6) is -0.247. The molecule has 9 nitrogen and oxygen atoms in total. The van der Waals surface area contributed by atoms with Gasteiger partial charge in [0.05, 0.1) is 48.7 Å². The number of urea groups is 1. The minimum absolute atomic E-state index is 0.153. The lowest BCUT2D eigenvalue weighted by molar-refractivity contribution is -0.139. The van der Waals surface area contributed by atoms with E-state index in [-0.39, 0.29) is 40.8 Å². The molecule has 0 bridgehead atoms. The van der Waals surface area contributed by atoms with Crippen molar-refractivity contribution in [3.05, 3.63) is 69.9 Å². The Bertz CT molecular complexity index is 1080. The summed E-state index contributed by atoms with van der Waals surface area (Å²) in [5, 5.41) is 5.53.